The third kappa shape index (κ3) is 14.0. The van der Waals surface area contributed by atoms with Crippen LogP contribution in [0.5, 0.6) is 0 Å². The van der Waals surface area contributed by atoms with Crippen LogP contribution in [0.3, 0.4) is 0 Å². The number of thioether (sulfide) groups is 1. The summed E-state index contributed by atoms with van der Waals surface area (Å²) in [5.74, 6) is -0.566. The number of aliphatic hydroxyl groups excluding tert-OH is 1. The molecule has 0 aliphatic rings. The second-order valence-electron chi connectivity index (χ2n) is 11.5. The largest absolute Gasteiger partial charge is 0.463 e. The lowest BCUT2D eigenvalue weighted by Gasteiger charge is -2.26. The molecule has 3 aromatic carbocycles. The Hall–Kier alpha value is -4.14. The van der Waals surface area contributed by atoms with Crippen LogP contribution in [0, 0.1) is 11.8 Å². The molecule has 0 saturated heterocycles. The number of carbonyl (C=O) groups excluding carboxylic acids is 3. The van der Waals surface area contributed by atoms with Crippen LogP contribution in [0.2, 0.25) is 0 Å². The molecule has 0 spiro atoms. The Morgan fingerprint density at radius 1 is 0.851 bits per heavy atom. The number of allylic oxidation sites excluding steroid dienone is 2. The molecule has 3 rings (SSSR count). The van der Waals surface area contributed by atoms with E-state index in [9.17, 15) is 19.5 Å². The molecule has 3 aromatic rings. The first-order valence-electron chi connectivity index (χ1n) is 16.2. The molecule has 3 atom stereocenters. The van der Waals surface area contributed by atoms with E-state index in [2.05, 4.69) is 18.5 Å². The Bertz CT molecular complexity index is 1370. The van der Waals surface area contributed by atoms with Gasteiger partial charge in [-0.2, -0.15) is 11.8 Å². The zero-order valence-corrected chi connectivity index (χ0v) is 28.0. The normalized spacial score (nSPS) is 12.7. The summed E-state index contributed by atoms with van der Waals surface area (Å²) < 4.78 is 5.87. The molecule has 0 aliphatic heterocycles. The molecule has 8 heteroatoms. The van der Waals surface area contributed by atoms with Crippen LogP contribution in [0.25, 0.3) is 0 Å². The standard InChI is InChI=1S/C39H48N2O5S/c1-3-5-22-35(25-31-16-9-6-10-17-31)39(45)46-28-36(30-47-29-33-20-13-8-14-21-33)40-38(44)34(15-4-2)26-37(43)41(23-24-42)27-32-18-11-7-12-19-32/h3-4,6-14,16-21,34-36,42H,1-2,5,15,22-30H2,(H,40,44)/t34-,35-,36-/m1/s1. The number of rotatable bonds is 22. The summed E-state index contributed by atoms with van der Waals surface area (Å²) in [7, 11) is 0. The van der Waals surface area contributed by atoms with Crippen LogP contribution >= 0.6 is 11.8 Å². The average Bonchev–Trinajstić information content (AvgIpc) is 3.09. The summed E-state index contributed by atoms with van der Waals surface area (Å²) in [6.07, 6.45) is 5.58. The van der Waals surface area contributed by atoms with Crippen molar-refractivity contribution in [3.63, 3.8) is 0 Å². The first-order valence-corrected chi connectivity index (χ1v) is 17.4. The lowest BCUT2D eigenvalue weighted by atomic mass is 9.95. The number of amides is 2. The lowest BCUT2D eigenvalue weighted by molar-refractivity contribution is -0.150. The number of aliphatic hydroxyl groups is 1. The molecule has 0 fully saturated rings. The Balaban J connectivity index is 1.69. The monoisotopic (exact) mass is 656 g/mol. The quantitative estimate of drug-likeness (QED) is 0.0964. The van der Waals surface area contributed by atoms with Crippen LogP contribution in [-0.2, 0) is 37.8 Å². The molecule has 7 nitrogen and oxygen atoms in total. The summed E-state index contributed by atoms with van der Waals surface area (Å²) in [4.78, 5) is 42.0. The predicted molar refractivity (Wildman–Crippen MR) is 190 cm³/mol. The van der Waals surface area contributed by atoms with Gasteiger partial charge in [0.15, 0.2) is 0 Å². The van der Waals surface area contributed by atoms with Crippen LogP contribution in [0.15, 0.2) is 116 Å². The number of esters is 1. The maximum Gasteiger partial charge on any atom is 0.309 e. The van der Waals surface area contributed by atoms with Crippen LogP contribution in [0.4, 0.5) is 0 Å². The molecule has 0 aliphatic carbocycles. The average molecular weight is 657 g/mol. The maximum atomic E-state index is 13.7. The number of nitrogens with zero attached hydrogens (tertiary/aromatic N) is 1. The number of carbonyl (C=O) groups is 3. The van der Waals surface area contributed by atoms with Crippen molar-refractivity contribution >= 4 is 29.5 Å². The van der Waals surface area contributed by atoms with Crippen LogP contribution in [0.1, 0.15) is 42.4 Å². The second-order valence-corrected chi connectivity index (χ2v) is 12.6. The highest BCUT2D eigenvalue weighted by Gasteiger charge is 2.27. The number of hydrogen-bond donors (Lipinski definition) is 2. The van der Waals surface area contributed by atoms with Gasteiger partial charge in [0.05, 0.1) is 24.5 Å². The highest BCUT2D eigenvalue weighted by atomic mass is 32.2. The Morgan fingerprint density at radius 3 is 2.06 bits per heavy atom. The topological polar surface area (TPSA) is 95.9 Å². The third-order valence-corrected chi connectivity index (χ3v) is 8.94. The van der Waals surface area contributed by atoms with Gasteiger partial charge in [0.25, 0.3) is 0 Å². The van der Waals surface area contributed by atoms with E-state index >= 15 is 0 Å². The van der Waals surface area contributed by atoms with Crippen molar-refractivity contribution in [2.45, 2.75) is 50.4 Å². The fourth-order valence-electron chi connectivity index (χ4n) is 5.21. The van der Waals surface area contributed by atoms with Crippen molar-refractivity contribution in [1.82, 2.24) is 10.2 Å². The van der Waals surface area contributed by atoms with E-state index in [1.807, 2.05) is 91.0 Å². The maximum absolute atomic E-state index is 13.7. The van der Waals surface area contributed by atoms with Crippen molar-refractivity contribution in [1.29, 1.82) is 0 Å². The van der Waals surface area contributed by atoms with E-state index in [0.29, 0.717) is 38.0 Å². The van der Waals surface area contributed by atoms with Gasteiger partial charge in [-0.15, -0.1) is 13.2 Å². The van der Waals surface area contributed by atoms with Crippen molar-refractivity contribution in [3.05, 3.63) is 133 Å². The smallest absolute Gasteiger partial charge is 0.309 e. The van der Waals surface area contributed by atoms with Gasteiger partial charge in [0, 0.05) is 31.0 Å². The zero-order valence-electron chi connectivity index (χ0n) is 27.2. The number of hydrogen-bond acceptors (Lipinski definition) is 6. The third-order valence-electron chi connectivity index (χ3n) is 7.76. The molecule has 0 unspecified atom stereocenters. The Labute approximate surface area is 284 Å². The van der Waals surface area contributed by atoms with E-state index in [-0.39, 0.29) is 49.9 Å². The van der Waals surface area contributed by atoms with Crippen molar-refractivity contribution in [2.75, 3.05) is 25.5 Å². The van der Waals surface area contributed by atoms with Gasteiger partial charge in [-0.1, -0.05) is 103 Å². The summed E-state index contributed by atoms with van der Waals surface area (Å²) in [5.41, 5.74) is 3.15. The van der Waals surface area contributed by atoms with Gasteiger partial charge in [0.2, 0.25) is 11.8 Å². The Kier molecular flexibility index (Phi) is 17.2. The molecule has 0 heterocycles. The number of benzene rings is 3. The highest BCUT2D eigenvalue weighted by molar-refractivity contribution is 7.98. The van der Waals surface area contributed by atoms with E-state index in [1.165, 1.54) is 0 Å². The molecular formula is C39H48N2O5S. The second kappa shape index (κ2) is 21.6. The van der Waals surface area contributed by atoms with E-state index in [4.69, 9.17) is 4.74 Å². The van der Waals surface area contributed by atoms with Gasteiger partial charge < -0.3 is 20.1 Å². The molecule has 2 amide bonds. The molecular weight excluding hydrogens is 609 g/mol. The van der Waals surface area contributed by atoms with Gasteiger partial charge >= 0.3 is 5.97 Å². The van der Waals surface area contributed by atoms with Crippen molar-refractivity contribution in [3.8, 4) is 0 Å². The first-order chi connectivity index (χ1) is 22.9. The van der Waals surface area contributed by atoms with Crippen LogP contribution in [-0.4, -0.2) is 59.3 Å². The molecule has 2 N–H and O–H groups in total. The van der Waals surface area contributed by atoms with Gasteiger partial charge in [-0.3, -0.25) is 14.4 Å². The summed E-state index contributed by atoms with van der Waals surface area (Å²) >= 11 is 1.64. The van der Waals surface area contributed by atoms with E-state index in [1.54, 1.807) is 28.8 Å². The molecule has 0 aromatic heterocycles. The molecule has 250 valence electrons. The van der Waals surface area contributed by atoms with Gasteiger partial charge in [-0.25, -0.2) is 0 Å². The first kappa shape index (κ1) is 37.3. The zero-order chi connectivity index (χ0) is 33.7. The summed E-state index contributed by atoms with van der Waals surface area (Å²) in [5, 5.41) is 12.7. The van der Waals surface area contributed by atoms with Crippen molar-refractivity contribution < 1.29 is 24.2 Å². The van der Waals surface area contributed by atoms with Crippen LogP contribution < -0.4 is 5.32 Å². The minimum Gasteiger partial charge on any atom is -0.463 e. The summed E-state index contributed by atoms with van der Waals surface area (Å²) in [6, 6.07) is 29.0. The minimum absolute atomic E-state index is 0.0190. The minimum atomic E-state index is -0.660. The SMILES string of the molecule is C=CCC[C@H](Cc1ccccc1)C(=O)OC[C@H](CSCc1ccccc1)NC(=O)[C@H](CC=C)CC(=O)N(CCO)Cc1ccccc1. The highest BCUT2D eigenvalue weighted by Crippen LogP contribution is 2.19. The molecule has 0 radical (unpaired) electrons. The van der Waals surface area contributed by atoms with E-state index in [0.717, 1.165) is 22.4 Å². The van der Waals surface area contributed by atoms with Crippen molar-refractivity contribution in [2.24, 2.45) is 11.8 Å². The van der Waals surface area contributed by atoms with Gasteiger partial charge in [-0.05, 0) is 42.4 Å². The van der Waals surface area contributed by atoms with E-state index < -0.39 is 12.0 Å². The molecule has 0 saturated carbocycles. The molecule has 0 bridgehead atoms. The lowest BCUT2D eigenvalue weighted by Crippen LogP contribution is -2.45. The molecule has 47 heavy (non-hydrogen) atoms. The Morgan fingerprint density at radius 2 is 1.47 bits per heavy atom. The fourth-order valence-corrected chi connectivity index (χ4v) is 6.22. The summed E-state index contributed by atoms with van der Waals surface area (Å²) in [6.45, 7) is 7.97. The predicted octanol–water partition coefficient (Wildman–Crippen LogP) is 6.38. The fraction of sp³-hybridized carbons (Fsp3) is 0.359. The number of ether oxygens (including phenoxy) is 1. The number of nitrogens with one attached hydrogen (secondary N) is 1. The van der Waals surface area contributed by atoms with Gasteiger partial charge in [0.1, 0.15) is 6.61 Å².